The molecule has 6 nitrogen and oxygen atoms in total. The van der Waals surface area contributed by atoms with Gasteiger partial charge < -0.3 is 19.5 Å². The van der Waals surface area contributed by atoms with E-state index in [2.05, 4.69) is 24.1 Å². The fourth-order valence-corrected chi connectivity index (χ4v) is 2.71. The van der Waals surface area contributed by atoms with Crippen molar-refractivity contribution in [2.75, 3.05) is 19.8 Å². The Kier molecular flexibility index (Phi) is 5.61. The second kappa shape index (κ2) is 7.45. The quantitative estimate of drug-likeness (QED) is 0.899. The van der Waals surface area contributed by atoms with Gasteiger partial charge in [-0.3, -0.25) is 0 Å². The van der Waals surface area contributed by atoms with Crippen LogP contribution in [-0.2, 0) is 11.3 Å². The number of morpholine rings is 1. The van der Waals surface area contributed by atoms with E-state index in [1.165, 1.54) is 0 Å². The molecule has 1 aliphatic heterocycles. The smallest absolute Gasteiger partial charge is 0.318 e. The number of carbonyl (C=O) groups is 1. The largest absolute Gasteiger partial charge is 0.377 e. The maximum absolute atomic E-state index is 12.5. The van der Waals surface area contributed by atoms with E-state index in [1.54, 1.807) is 12.5 Å². The first-order valence-corrected chi connectivity index (χ1v) is 7.67. The molecule has 0 bridgehead atoms. The Labute approximate surface area is 126 Å². The van der Waals surface area contributed by atoms with Gasteiger partial charge in [0.25, 0.3) is 0 Å². The summed E-state index contributed by atoms with van der Waals surface area (Å²) in [5.74, 6) is 0.551. The number of imidazole rings is 1. The lowest BCUT2D eigenvalue weighted by molar-refractivity contribution is 0.00502. The van der Waals surface area contributed by atoms with Crippen LogP contribution in [0.25, 0.3) is 0 Å². The first-order chi connectivity index (χ1) is 10.1. The molecule has 1 fully saturated rings. The second-order valence-corrected chi connectivity index (χ2v) is 6.16. The van der Waals surface area contributed by atoms with E-state index in [9.17, 15) is 4.79 Å². The SMILES string of the molecule is CC(C)C[C@@H]1COCCN1C(=O)N[C@@H](C)Cn1ccnc1. The summed E-state index contributed by atoms with van der Waals surface area (Å²) in [6, 6.07) is 0.255. The monoisotopic (exact) mass is 294 g/mol. The predicted molar refractivity (Wildman–Crippen MR) is 81.0 cm³/mol. The number of rotatable bonds is 5. The topological polar surface area (TPSA) is 59.4 Å². The molecule has 1 saturated heterocycles. The van der Waals surface area contributed by atoms with Gasteiger partial charge in [-0.25, -0.2) is 9.78 Å². The van der Waals surface area contributed by atoms with Gasteiger partial charge in [0.2, 0.25) is 0 Å². The molecule has 118 valence electrons. The van der Waals surface area contributed by atoms with Crippen LogP contribution in [0.1, 0.15) is 27.2 Å². The molecule has 0 aliphatic carbocycles. The van der Waals surface area contributed by atoms with Crippen LogP contribution >= 0.6 is 0 Å². The van der Waals surface area contributed by atoms with Gasteiger partial charge in [-0.15, -0.1) is 0 Å². The number of aromatic nitrogens is 2. The molecule has 2 amide bonds. The molecular weight excluding hydrogens is 268 g/mol. The van der Waals surface area contributed by atoms with Crippen molar-refractivity contribution in [1.29, 1.82) is 0 Å². The molecular formula is C15H26N4O2. The van der Waals surface area contributed by atoms with Gasteiger partial charge >= 0.3 is 6.03 Å². The molecule has 0 radical (unpaired) electrons. The van der Waals surface area contributed by atoms with Gasteiger partial charge in [0.15, 0.2) is 0 Å². The van der Waals surface area contributed by atoms with Crippen LogP contribution in [-0.4, -0.2) is 52.3 Å². The summed E-state index contributed by atoms with van der Waals surface area (Å²) < 4.78 is 7.49. The average molecular weight is 294 g/mol. The van der Waals surface area contributed by atoms with Crippen molar-refractivity contribution in [3.63, 3.8) is 0 Å². The van der Waals surface area contributed by atoms with Gasteiger partial charge in [0, 0.05) is 31.5 Å². The molecule has 1 aromatic rings. The van der Waals surface area contributed by atoms with Crippen molar-refractivity contribution in [1.82, 2.24) is 19.8 Å². The number of nitrogens with one attached hydrogen (secondary N) is 1. The number of amides is 2. The zero-order chi connectivity index (χ0) is 15.2. The van der Waals surface area contributed by atoms with E-state index in [0.717, 1.165) is 13.0 Å². The van der Waals surface area contributed by atoms with Gasteiger partial charge in [0.1, 0.15) is 0 Å². The van der Waals surface area contributed by atoms with E-state index in [1.807, 2.05) is 22.6 Å². The maximum Gasteiger partial charge on any atom is 0.318 e. The zero-order valence-corrected chi connectivity index (χ0v) is 13.2. The van der Waals surface area contributed by atoms with Gasteiger partial charge in [-0.1, -0.05) is 13.8 Å². The van der Waals surface area contributed by atoms with E-state index in [-0.39, 0.29) is 18.1 Å². The van der Waals surface area contributed by atoms with Crippen LogP contribution in [0.15, 0.2) is 18.7 Å². The highest BCUT2D eigenvalue weighted by atomic mass is 16.5. The minimum Gasteiger partial charge on any atom is -0.377 e. The summed E-state index contributed by atoms with van der Waals surface area (Å²) in [4.78, 5) is 18.4. The number of hydrogen-bond acceptors (Lipinski definition) is 3. The summed E-state index contributed by atoms with van der Waals surface area (Å²) in [5.41, 5.74) is 0. The molecule has 0 saturated carbocycles. The Bertz CT molecular complexity index is 433. The number of carbonyl (C=O) groups excluding carboxylic acids is 1. The van der Waals surface area contributed by atoms with Crippen molar-refractivity contribution < 1.29 is 9.53 Å². The fraction of sp³-hybridized carbons (Fsp3) is 0.733. The Morgan fingerprint density at radius 1 is 1.48 bits per heavy atom. The standard InChI is InChI=1S/C15H26N4O2/c1-12(2)8-14-10-21-7-6-19(14)15(20)17-13(3)9-18-5-4-16-11-18/h4-5,11-14H,6-10H2,1-3H3,(H,17,20)/t13-,14+/m0/s1. The molecule has 21 heavy (non-hydrogen) atoms. The second-order valence-electron chi connectivity index (χ2n) is 6.16. The Hall–Kier alpha value is -1.56. The lowest BCUT2D eigenvalue weighted by Crippen LogP contribution is -2.54. The molecule has 2 atom stereocenters. The normalized spacial score (nSPS) is 20.6. The van der Waals surface area contributed by atoms with Crippen molar-refractivity contribution in [3.05, 3.63) is 18.7 Å². The Morgan fingerprint density at radius 2 is 2.29 bits per heavy atom. The molecule has 1 aromatic heterocycles. The highest BCUT2D eigenvalue weighted by Gasteiger charge is 2.28. The summed E-state index contributed by atoms with van der Waals surface area (Å²) in [6.07, 6.45) is 6.39. The Morgan fingerprint density at radius 3 is 2.95 bits per heavy atom. The molecule has 1 aliphatic rings. The van der Waals surface area contributed by atoms with Crippen LogP contribution in [0.3, 0.4) is 0 Å². The van der Waals surface area contributed by atoms with E-state index >= 15 is 0 Å². The highest BCUT2D eigenvalue weighted by molar-refractivity contribution is 5.75. The molecule has 0 spiro atoms. The van der Waals surface area contributed by atoms with E-state index in [0.29, 0.717) is 25.7 Å². The van der Waals surface area contributed by atoms with Crippen molar-refractivity contribution in [2.24, 2.45) is 5.92 Å². The zero-order valence-electron chi connectivity index (χ0n) is 13.2. The highest BCUT2D eigenvalue weighted by Crippen LogP contribution is 2.15. The molecule has 2 heterocycles. The third-order valence-corrected chi connectivity index (χ3v) is 3.65. The summed E-state index contributed by atoms with van der Waals surface area (Å²) in [5, 5.41) is 3.07. The third kappa shape index (κ3) is 4.74. The van der Waals surface area contributed by atoms with Crippen LogP contribution in [0, 0.1) is 5.92 Å². The Balaban J connectivity index is 1.87. The van der Waals surface area contributed by atoms with Crippen LogP contribution in [0.2, 0.25) is 0 Å². The molecule has 1 N–H and O–H groups in total. The molecule has 0 unspecified atom stereocenters. The predicted octanol–water partition coefficient (Wildman–Crippen LogP) is 1.73. The van der Waals surface area contributed by atoms with Crippen LogP contribution in [0.5, 0.6) is 0 Å². The fourth-order valence-electron chi connectivity index (χ4n) is 2.71. The summed E-state index contributed by atoms with van der Waals surface area (Å²) in [7, 11) is 0. The number of urea groups is 1. The van der Waals surface area contributed by atoms with Gasteiger partial charge in [-0.2, -0.15) is 0 Å². The summed E-state index contributed by atoms with van der Waals surface area (Å²) >= 11 is 0. The first-order valence-electron chi connectivity index (χ1n) is 7.67. The maximum atomic E-state index is 12.5. The van der Waals surface area contributed by atoms with E-state index < -0.39 is 0 Å². The lowest BCUT2D eigenvalue weighted by Gasteiger charge is -2.37. The minimum absolute atomic E-state index is 0.0107. The number of ether oxygens (including phenoxy) is 1. The van der Waals surface area contributed by atoms with Crippen molar-refractivity contribution in [2.45, 2.75) is 45.8 Å². The van der Waals surface area contributed by atoms with Crippen molar-refractivity contribution in [3.8, 4) is 0 Å². The third-order valence-electron chi connectivity index (χ3n) is 3.65. The van der Waals surface area contributed by atoms with E-state index in [4.69, 9.17) is 4.74 Å². The number of hydrogen-bond donors (Lipinski definition) is 1. The average Bonchev–Trinajstić information content (AvgIpc) is 2.91. The molecule has 0 aromatic carbocycles. The summed E-state index contributed by atoms with van der Waals surface area (Å²) in [6.45, 7) is 9.01. The van der Waals surface area contributed by atoms with Crippen molar-refractivity contribution >= 4 is 6.03 Å². The van der Waals surface area contributed by atoms with Crippen LogP contribution < -0.4 is 5.32 Å². The van der Waals surface area contributed by atoms with Crippen LogP contribution in [0.4, 0.5) is 4.79 Å². The van der Waals surface area contributed by atoms with Gasteiger partial charge in [-0.05, 0) is 19.3 Å². The molecule has 6 heteroatoms. The minimum atomic E-state index is 0.0107. The first kappa shape index (κ1) is 15.8. The number of nitrogens with zero attached hydrogens (tertiary/aromatic N) is 3. The molecule has 2 rings (SSSR count). The lowest BCUT2D eigenvalue weighted by atomic mass is 10.0. The van der Waals surface area contributed by atoms with Gasteiger partial charge in [0.05, 0.1) is 25.6 Å².